The van der Waals surface area contributed by atoms with Crippen LogP contribution in [0.4, 0.5) is 27.1 Å². The maximum atomic E-state index is 14.5. The molecule has 2 aromatic carbocycles. The number of hydrogen-bond acceptors (Lipinski definition) is 3. The number of hydrogen-bond donors (Lipinski definition) is 4. The summed E-state index contributed by atoms with van der Waals surface area (Å²) in [5, 5.41) is 8.45. The fraction of sp³-hybridized carbons (Fsp3) is 0.0435. The lowest BCUT2D eigenvalue weighted by Crippen LogP contribution is -2.11. The highest BCUT2D eigenvalue weighted by atomic mass is 19.1. The molecule has 31 heavy (non-hydrogen) atoms. The summed E-state index contributed by atoms with van der Waals surface area (Å²) in [4.78, 5) is 27.1. The summed E-state index contributed by atoms with van der Waals surface area (Å²) in [7, 11) is 1.82. The molecule has 0 aliphatic heterocycles. The Kier molecular flexibility index (Phi) is 5.53. The zero-order chi connectivity index (χ0) is 21.8. The van der Waals surface area contributed by atoms with Gasteiger partial charge in [0.25, 0.3) is 11.8 Å². The maximum Gasteiger partial charge on any atom is 0.257 e. The summed E-state index contributed by atoms with van der Waals surface area (Å²) < 4.78 is 16.3. The number of aromatic amines is 1. The fourth-order valence-electron chi connectivity index (χ4n) is 3.00. The van der Waals surface area contributed by atoms with Crippen molar-refractivity contribution >= 4 is 34.6 Å². The Labute approximate surface area is 177 Å². The van der Waals surface area contributed by atoms with Gasteiger partial charge in [0.15, 0.2) is 0 Å². The number of amides is 2. The number of aryl methyl sites for hydroxylation is 1. The number of H-pyrrole nitrogens is 1. The van der Waals surface area contributed by atoms with Crippen LogP contribution in [0.1, 0.15) is 20.7 Å². The number of benzene rings is 2. The predicted molar refractivity (Wildman–Crippen MR) is 118 cm³/mol. The Morgan fingerprint density at radius 3 is 2.19 bits per heavy atom. The molecular formula is C23H20FN5O2. The monoisotopic (exact) mass is 417 g/mol. The number of carbonyl (C=O) groups excluding carboxylic acids is 2. The normalized spacial score (nSPS) is 10.5. The third kappa shape index (κ3) is 4.81. The van der Waals surface area contributed by atoms with Crippen LogP contribution in [0.2, 0.25) is 0 Å². The first-order chi connectivity index (χ1) is 15.0. The molecule has 2 heterocycles. The Morgan fingerprint density at radius 2 is 1.55 bits per heavy atom. The van der Waals surface area contributed by atoms with E-state index >= 15 is 0 Å². The molecule has 4 rings (SSSR count). The van der Waals surface area contributed by atoms with Crippen molar-refractivity contribution in [2.24, 2.45) is 7.05 Å². The van der Waals surface area contributed by atoms with Crippen molar-refractivity contribution in [1.82, 2.24) is 9.55 Å². The number of carbonyl (C=O) groups is 2. The molecule has 0 bridgehead atoms. The molecule has 0 unspecified atom stereocenters. The second kappa shape index (κ2) is 8.58. The van der Waals surface area contributed by atoms with Gasteiger partial charge in [0.05, 0.1) is 16.8 Å². The lowest BCUT2D eigenvalue weighted by molar-refractivity contribution is 0.101. The molecule has 0 aliphatic carbocycles. The first-order valence-corrected chi connectivity index (χ1v) is 9.52. The third-order valence-corrected chi connectivity index (χ3v) is 4.60. The highest BCUT2D eigenvalue weighted by Crippen LogP contribution is 2.24. The summed E-state index contributed by atoms with van der Waals surface area (Å²) in [5.74, 6) is -1.03. The van der Waals surface area contributed by atoms with Gasteiger partial charge in [0.1, 0.15) is 5.82 Å². The molecule has 4 aromatic rings. The van der Waals surface area contributed by atoms with Crippen molar-refractivity contribution in [2.75, 3.05) is 16.0 Å². The molecular weight excluding hydrogens is 397 g/mol. The molecule has 0 spiro atoms. The molecule has 0 atom stereocenters. The number of halogens is 1. The van der Waals surface area contributed by atoms with E-state index in [1.54, 1.807) is 77.9 Å². The van der Waals surface area contributed by atoms with Crippen LogP contribution in [0.15, 0.2) is 79.4 Å². The third-order valence-electron chi connectivity index (χ3n) is 4.60. The van der Waals surface area contributed by atoms with Crippen LogP contribution < -0.4 is 16.0 Å². The number of rotatable bonds is 6. The van der Waals surface area contributed by atoms with Gasteiger partial charge in [0, 0.05) is 48.9 Å². The minimum atomic E-state index is -0.504. The minimum absolute atomic E-state index is 0.221. The van der Waals surface area contributed by atoms with Crippen molar-refractivity contribution in [3.8, 4) is 0 Å². The molecule has 0 saturated heterocycles. The van der Waals surface area contributed by atoms with Crippen LogP contribution in [0, 0.1) is 5.82 Å². The standard InChI is InChI=1S/C23H20FN5O2/c1-29-11-9-16(14-29)23(31)28-19-6-7-21(20(24)12-19)26-17-2-4-18(5-3-17)27-22(30)15-8-10-25-13-15/h2-14,25-26H,1H3,(H,27,30)(H,28,31). The highest BCUT2D eigenvalue weighted by molar-refractivity contribution is 6.04. The van der Waals surface area contributed by atoms with Gasteiger partial charge in [-0.3, -0.25) is 9.59 Å². The van der Waals surface area contributed by atoms with E-state index in [0.717, 1.165) is 0 Å². The Hall–Kier alpha value is -4.33. The molecule has 8 heteroatoms. The van der Waals surface area contributed by atoms with Crippen molar-refractivity contribution in [1.29, 1.82) is 0 Å². The van der Waals surface area contributed by atoms with E-state index in [1.165, 1.54) is 6.07 Å². The van der Waals surface area contributed by atoms with Crippen LogP contribution in [-0.2, 0) is 7.05 Å². The average Bonchev–Trinajstić information content (AvgIpc) is 3.43. The molecule has 2 amide bonds. The Balaban J connectivity index is 1.38. The quantitative estimate of drug-likeness (QED) is 0.365. The second-order valence-corrected chi connectivity index (χ2v) is 6.97. The second-order valence-electron chi connectivity index (χ2n) is 6.97. The van der Waals surface area contributed by atoms with Gasteiger partial charge in [-0.2, -0.15) is 0 Å². The molecule has 4 N–H and O–H groups in total. The first-order valence-electron chi connectivity index (χ1n) is 9.52. The highest BCUT2D eigenvalue weighted by Gasteiger charge is 2.10. The zero-order valence-electron chi connectivity index (χ0n) is 16.6. The van der Waals surface area contributed by atoms with Gasteiger partial charge >= 0.3 is 0 Å². The largest absolute Gasteiger partial charge is 0.367 e. The lowest BCUT2D eigenvalue weighted by Gasteiger charge is -2.11. The first kappa shape index (κ1) is 20.0. The molecule has 0 radical (unpaired) electrons. The summed E-state index contributed by atoms with van der Waals surface area (Å²) in [6.07, 6.45) is 6.74. The fourth-order valence-corrected chi connectivity index (χ4v) is 3.00. The number of nitrogens with zero attached hydrogens (tertiary/aromatic N) is 1. The van der Waals surface area contributed by atoms with Crippen molar-refractivity contribution in [2.45, 2.75) is 0 Å². The smallest absolute Gasteiger partial charge is 0.257 e. The summed E-state index contributed by atoms with van der Waals surface area (Å²) in [6, 6.07) is 14.7. The van der Waals surface area contributed by atoms with E-state index in [-0.39, 0.29) is 17.5 Å². The van der Waals surface area contributed by atoms with Gasteiger partial charge in [-0.05, 0) is 54.6 Å². The maximum absolute atomic E-state index is 14.5. The minimum Gasteiger partial charge on any atom is -0.367 e. The molecule has 2 aromatic heterocycles. The van der Waals surface area contributed by atoms with Crippen LogP contribution in [0.25, 0.3) is 0 Å². The van der Waals surface area contributed by atoms with Gasteiger partial charge in [-0.15, -0.1) is 0 Å². The molecule has 0 fully saturated rings. The SMILES string of the molecule is Cn1ccc(C(=O)Nc2ccc(Nc3ccc(NC(=O)c4cc[nH]c4)cc3)c(F)c2)c1. The van der Waals surface area contributed by atoms with E-state index in [1.807, 2.05) is 7.05 Å². The molecule has 156 valence electrons. The van der Waals surface area contributed by atoms with E-state index in [2.05, 4.69) is 20.9 Å². The lowest BCUT2D eigenvalue weighted by atomic mass is 10.2. The van der Waals surface area contributed by atoms with E-state index in [9.17, 15) is 14.0 Å². The van der Waals surface area contributed by atoms with Gasteiger partial charge in [-0.25, -0.2) is 4.39 Å². The Morgan fingerprint density at radius 1 is 0.871 bits per heavy atom. The number of aromatic nitrogens is 2. The van der Waals surface area contributed by atoms with E-state index in [4.69, 9.17) is 0 Å². The topological polar surface area (TPSA) is 90.9 Å². The van der Waals surface area contributed by atoms with Crippen molar-refractivity contribution in [3.05, 3.63) is 96.3 Å². The van der Waals surface area contributed by atoms with Crippen LogP contribution >= 0.6 is 0 Å². The van der Waals surface area contributed by atoms with Crippen molar-refractivity contribution in [3.63, 3.8) is 0 Å². The summed E-state index contributed by atoms with van der Waals surface area (Å²) in [6.45, 7) is 0. The van der Waals surface area contributed by atoms with Crippen molar-refractivity contribution < 1.29 is 14.0 Å². The molecule has 0 saturated carbocycles. The van der Waals surface area contributed by atoms with Crippen LogP contribution in [-0.4, -0.2) is 21.4 Å². The van der Waals surface area contributed by atoms with E-state index < -0.39 is 5.82 Å². The molecule has 7 nitrogen and oxygen atoms in total. The average molecular weight is 417 g/mol. The summed E-state index contributed by atoms with van der Waals surface area (Å²) in [5.41, 5.74) is 2.93. The Bertz CT molecular complexity index is 1210. The van der Waals surface area contributed by atoms with Gasteiger partial charge < -0.3 is 25.5 Å². The van der Waals surface area contributed by atoms with Crippen LogP contribution in [0.5, 0.6) is 0 Å². The molecule has 0 aliphatic rings. The van der Waals surface area contributed by atoms with Gasteiger partial charge in [-0.1, -0.05) is 0 Å². The van der Waals surface area contributed by atoms with Gasteiger partial charge in [0.2, 0.25) is 0 Å². The number of nitrogens with one attached hydrogen (secondary N) is 4. The van der Waals surface area contributed by atoms with E-state index in [0.29, 0.717) is 28.2 Å². The summed E-state index contributed by atoms with van der Waals surface area (Å²) >= 11 is 0. The number of anilines is 4. The zero-order valence-corrected chi connectivity index (χ0v) is 16.6. The van der Waals surface area contributed by atoms with Crippen LogP contribution in [0.3, 0.4) is 0 Å². The predicted octanol–water partition coefficient (Wildman–Crippen LogP) is 4.74.